The first-order chi connectivity index (χ1) is 12.3. The molecular weight excluding hydrogens is 342 g/mol. The standard InChI is InChI=1S/C8H12N6O3.C6H5N3/c9-7(16)13(11)4-1-5(3-6(15)2-4)14(12)8(10)17;1-2-4-6-5(3-1)7-9-8-6/h1-3,15H,11-12H2,(H2,9,16)(H2,10,17);1-4H,(H,7,8,9). The van der Waals surface area contributed by atoms with Gasteiger partial charge in [0.25, 0.3) is 0 Å². The largest absolute Gasteiger partial charge is 0.508 e. The highest BCUT2D eigenvalue weighted by molar-refractivity contribution is 5.93. The number of nitrogens with one attached hydrogen (secondary N) is 1. The van der Waals surface area contributed by atoms with E-state index in [1.807, 2.05) is 24.3 Å². The fraction of sp³-hybridized carbons (Fsp3) is 0. The number of aromatic amines is 1. The van der Waals surface area contributed by atoms with Crippen LogP contribution in [0.15, 0.2) is 42.5 Å². The third kappa shape index (κ3) is 4.34. The molecule has 0 saturated carbocycles. The van der Waals surface area contributed by atoms with E-state index in [4.69, 9.17) is 23.2 Å². The van der Waals surface area contributed by atoms with Gasteiger partial charge in [0, 0.05) is 12.1 Å². The number of rotatable bonds is 2. The first kappa shape index (κ1) is 18.4. The lowest BCUT2D eigenvalue weighted by Gasteiger charge is -2.18. The lowest BCUT2D eigenvalue weighted by molar-refractivity contribution is 0.253. The van der Waals surface area contributed by atoms with Crippen LogP contribution in [-0.4, -0.2) is 32.6 Å². The number of carbonyl (C=O) groups is 2. The van der Waals surface area contributed by atoms with Gasteiger partial charge in [-0.25, -0.2) is 31.3 Å². The SMILES string of the molecule is NC(=O)N(N)c1cc(O)cc(N(N)C(N)=O)c1.c1ccc2n[nH]nc2c1. The molecule has 0 aliphatic rings. The summed E-state index contributed by atoms with van der Waals surface area (Å²) in [5.74, 6) is 10.4. The van der Waals surface area contributed by atoms with Crippen LogP contribution in [0.5, 0.6) is 5.75 Å². The molecule has 26 heavy (non-hydrogen) atoms. The zero-order valence-corrected chi connectivity index (χ0v) is 13.4. The molecule has 136 valence electrons. The van der Waals surface area contributed by atoms with Crippen molar-refractivity contribution in [1.29, 1.82) is 0 Å². The predicted octanol–water partition coefficient (Wildman–Crippen LogP) is -0.132. The second-order valence-corrected chi connectivity index (χ2v) is 4.94. The number of aromatic hydroxyl groups is 1. The second kappa shape index (κ2) is 7.78. The van der Waals surface area contributed by atoms with E-state index in [0.717, 1.165) is 11.0 Å². The van der Waals surface area contributed by atoms with E-state index in [1.54, 1.807) is 0 Å². The Labute approximate surface area is 146 Å². The van der Waals surface area contributed by atoms with Gasteiger partial charge in [-0.15, -0.1) is 0 Å². The van der Waals surface area contributed by atoms with Crippen molar-refractivity contribution in [3.05, 3.63) is 42.5 Å². The molecule has 0 fully saturated rings. The van der Waals surface area contributed by atoms with Crippen LogP contribution in [-0.2, 0) is 0 Å². The van der Waals surface area contributed by atoms with Gasteiger partial charge in [-0.05, 0) is 18.2 Å². The number of urea groups is 2. The Kier molecular flexibility index (Phi) is 5.52. The van der Waals surface area contributed by atoms with Crippen molar-refractivity contribution >= 4 is 34.5 Å². The van der Waals surface area contributed by atoms with Crippen molar-refractivity contribution in [2.24, 2.45) is 23.2 Å². The highest BCUT2D eigenvalue weighted by atomic mass is 16.3. The summed E-state index contributed by atoms with van der Waals surface area (Å²) in [5.41, 5.74) is 11.8. The van der Waals surface area contributed by atoms with Crippen LogP contribution in [0.25, 0.3) is 11.0 Å². The Bertz CT molecular complexity index is 858. The van der Waals surface area contributed by atoms with E-state index in [9.17, 15) is 14.7 Å². The van der Waals surface area contributed by atoms with Gasteiger partial charge >= 0.3 is 12.1 Å². The average molecular weight is 359 g/mol. The molecule has 0 spiro atoms. The molecule has 12 nitrogen and oxygen atoms in total. The van der Waals surface area contributed by atoms with Crippen molar-refractivity contribution in [3.8, 4) is 5.75 Å². The van der Waals surface area contributed by atoms with E-state index >= 15 is 0 Å². The quantitative estimate of drug-likeness (QED) is 0.207. The van der Waals surface area contributed by atoms with E-state index in [-0.39, 0.29) is 17.1 Å². The molecule has 0 saturated heterocycles. The van der Waals surface area contributed by atoms with Crippen LogP contribution in [0.4, 0.5) is 21.0 Å². The van der Waals surface area contributed by atoms with E-state index in [1.165, 1.54) is 18.2 Å². The molecule has 12 heteroatoms. The van der Waals surface area contributed by atoms with Crippen LogP contribution in [0.2, 0.25) is 0 Å². The summed E-state index contributed by atoms with van der Waals surface area (Å²) >= 11 is 0. The highest BCUT2D eigenvalue weighted by Crippen LogP contribution is 2.26. The first-order valence-corrected chi connectivity index (χ1v) is 7.07. The molecule has 0 aliphatic carbocycles. The molecule has 2 aromatic carbocycles. The van der Waals surface area contributed by atoms with Gasteiger partial charge in [0.1, 0.15) is 16.8 Å². The summed E-state index contributed by atoms with van der Waals surface area (Å²) in [6.45, 7) is 0. The summed E-state index contributed by atoms with van der Waals surface area (Å²) in [6.07, 6.45) is 0. The molecule has 3 rings (SSSR count). The van der Waals surface area contributed by atoms with Gasteiger partial charge in [-0.2, -0.15) is 15.4 Å². The molecule has 0 bridgehead atoms. The third-order valence-electron chi connectivity index (χ3n) is 3.14. The number of fused-ring (bicyclic) bond motifs is 1. The second-order valence-electron chi connectivity index (χ2n) is 4.94. The number of hydrogen-bond donors (Lipinski definition) is 6. The van der Waals surface area contributed by atoms with Crippen molar-refractivity contribution < 1.29 is 14.7 Å². The predicted molar refractivity (Wildman–Crippen MR) is 94.5 cm³/mol. The number of H-pyrrole nitrogens is 1. The smallest absolute Gasteiger partial charge is 0.333 e. The number of hydrazine groups is 2. The summed E-state index contributed by atoms with van der Waals surface area (Å²) < 4.78 is 0. The van der Waals surface area contributed by atoms with Crippen molar-refractivity contribution in [3.63, 3.8) is 0 Å². The average Bonchev–Trinajstić information content (AvgIpc) is 3.08. The van der Waals surface area contributed by atoms with Crippen molar-refractivity contribution in [1.82, 2.24) is 15.4 Å². The number of hydrogen-bond acceptors (Lipinski definition) is 7. The number of nitrogens with zero attached hydrogens (tertiary/aromatic N) is 4. The Hall–Kier alpha value is -3.90. The molecule has 1 aromatic heterocycles. The summed E-state index contributed by atoms with van der Waals surface area (Å²) in [5, 5.41) is 20.9. The molecule has 1 heterocycles. The normalized spacial score (nSPS) is 9.92. The molecule has 4 amide bonds. The van der Waals surface area contributed by atoms with Crippen molar-refractivity contribution in [2.45, 2.75) is 0 Å². The Morgan fingerprint density at radius 3 is 1.69 bits per heavy atom. The first-order valence-electron chi connectivity index (χ1n) is 7.07. The Morgan fingerprint density at radius 2 is 1.31 bits per heavy atom. The number of amides is 4. The van der Waals surface area contributed by atoms with Crippen LogP contribution >= 0.6 is 0 Å². The lowest BCUT2D eigenvalue weighted by atomic mass is 10.2. The van der Waals surface area contributed by atoms with E-state index < -0.39 is 12.1 Å². The van der Waals surface area contributed by atoms with Crippen LogP contribution < -0.4 is 33.2 Å². The number of aromatic nitrogens is 3. The summed E-state index contributed by atoms with van der Waals surface area (Å²) in [7, 11) is 0. The molecule has 0 atom stereocenters. The maximum Gasteiger partial charge on any atom is 0.333 e. The number of nitrogens with two attached hydrogens (primary N) is 4. The fourth-order valence-electron chi connectivity index (χ4n) is 1.90. The summed E-state index contributed by atoms with van der Waals surface area (Å²) in [6, 6.07) is 9.42. The van der Waals surface area contributed by atoms with Gasteiger partial charge in [0.15, 0.2) is 0 Å². The van der Waals surface area contributed by atoms with Crippen LogP contribution in [0.3, 0.4) is 0 Å². The summed E-state index contributed by atoms with van der Waals surface area (Å²) in [4.78, 5) is 21.7. The number of para-hydroxylation sites is 2. The van der Waals surface area contributed by atoms with Gasteiger partial charge in [-0.3, -0.25) is 0 Å². The number of benzene rings is 2. The maximum absolute atomic E-state index is 10.8. The van der Waals surface area contributed by atoms with E-state index in [0.29, 0.717) is 10.0 Å². The molecular formula is C14H17N9O3. The van der Waals surface area contributed by atoms with Gasteiger partial charge in [0.2, 0.25) is 0 Å². The third-order valence-corrected chi connectivity index (χ3v) is 3.14. The number of phenols is 1. The zero-order valence-electron chi connectivity index (χ0n) is 13.4. The molecule has 10 N–H and O–H groups in total. The molecule has 0 aliphatic heterocycles. The molecule has 0 unspecified atom stereocenters. The Morgan fingerprint density at radius 1 is 0.885 bits per heavy atom. The minimum Gasteiger partial charge on any atom is -0.508 e. The van der Waals surface area contributed by atoms with Crippen LogP contribution in [0, 0.1) is 0 Å². The maximum atomic E-state index is 10.8. The topological polar surface area (TPSA) is 206 Å². The lowest BCUT2D eigenvalue weighted by Crippen LogP contribution is -2.43. The number of primary amides is 2. The fourth-order valence-corrected chi connectivity index (χ4v) is 1.90. The minimum atomic E-state index is -0.941. The van der Waals surface area contributed by atoms with Gasteiger partial charge in [0.05, 0.1) is 11.4 Å². The zero-order chi connectivity index (χ0) is 19.3. The Balaban J connectivity index is 0.000000223. The highest BCUT2D eigenvalue weighted by Gasteiger charge is 2.14. The number of carbonyl (C=O) groups excluding carboxylic acids is 2. The monoisotopic (exact) mass is 359 g/mol. The number of anilines is 2. The van der Waals surface area contributed by atoms with Crippen molar-refractivity contribution in [2.75, 3.05) is 10.0 Å². The molecule has 3 aromatic rings. The van der Waals surface area contributed by atoms with E-state index in [2.05, 4.69) is 15.4 Å². The van der Waals surface area contributed by atoms with Gasteiger partial charge < -0.3 is 16.6 Å². The number of phenolic OH excluding ortho intramolecular Hbond substituents is 1. The van der Waals surface area contributed by atoms with Gasteiger partial charge in [-0.1, -0.05) is 12.1 Å². The minimum absolute atomic E-state index is 0.0594. The molecule has 0 radical (unpaired) electrons. The van der Waals surface area contributed by atoms with Crippen LogP contribution in [0.1, 0.15) is 0 Å².